The van der Waals surface area contributed by atoms with Crippen LogP contribution in [-0.2, 0) is 14.6 Å². The second-order valence-electron chi connectivity index (χ2n) is 4.31. The van der Waals surface area contributed by atoms with E-state index in [-0.39, 0.29) is 12.3 Å². The lowest BCUT2D eigenvalue weighted by molar-refractivity contribution is -0.115. The number of anilines is 1. The predicted octanol–water partition coefficient (Wildman–Crippen LogP) is 0.928. The number of hydrogen-bond donors (Lipinski definition) is 2. The lowest BCUT2D eigenvalue weighted by atomic mass is 10.3. The van der Waals surface area contributed by atoms with E-state index in [1.54, 1.807) is 0 Å². The minimum Gasteiger partial charge on any atom is -0.320 e. The Morgan fingerprint density at radius 2 is 1.85 bits per heavy atom. The van der Waals surface area contributed by atoms with Crippen LogP contribution in [0.5, 0.6) is 0 Å². The van der Waals surface area contributed by atoms with Gasteiger partial charge in [0.15, 0.2) is 0 Å². The third-order valence-electron chi connectivity index (χ3n) is 2.38. The molecule has 1 aromatic rings. The summed E-state index contributed by atoms with van der Waals surface area (Å²) in [5.74, 6) is -2.29. The molecule has 0 radical (unpaired) electrons. The third kappa shape index (κ3) is 6.07. The molecule has 5 nitrogen and oxygen atoms in total. The number of benzene rings is 1. The molecule has 0 fully saturated rings. The Kier molecular flexibility index (Phi) is 6.03. The molecule has 8 heteroatoms. The second kappa shape index (κ2) is 7.30. The fraction of sp³-hybridized carbons (Fsp3) is 0.417. The minimum atomic E-state index is -3.02. The molecule has 1 aromatic carbocycles. The quantitative estimate of drug-likeness (QED) is 0.735. The zero-order valence-corrected chi connectivity index (χ0v) is 11.8. The van der Waals surface area contributed by atoms with E-state index in [1.807, 2.05) is 0 Å². The summed E-state index contributed by atoms with van der Waals surface area (Å²) < 4.78 is 48.2. The molecule has 0 unspecified atom stereocenters. The molecule has 0 aliphatic heterocycles. The van der Waals surface area contributed by atoms with Crippen molar-refractivity contribution in [1.82, 2.24) is 5.32 Å². The van der Waals surface area contributed by atoms with E-state index in [0.717, 1.165) is 18.4 Å². The van der Waals surface area contributed by atoms with E-state index < -0.39 is 33.1 Å². The van der Waals surface area contributed by atoms with E-state index in [2.05, 4.69) is 10.6 Å². The first kappa shape index (κ1) is 16.5. The first-order valence-corrected chi connectivity index (χ1v) is 7.98. The number of sulfone groups is 1. The maximum atomic E-state index is 13.2. The van der Waals surface area contributed by atoms with E-state index >= 15 is 0 Å². The molecule has 2 N–H and O–H groups in total. The monoisotopic (exact) mass is 306 g/mol. The normalized spacial score (nSPS) is 11.3. The number of hydrogen-bond acceptors (Lipinski definition) is 4. The van der Waals surface area contributed by atoms with E-state index in [1.165, 1.54) is 6.07 Å². The highest BCUT2D eigenvalue weighted by atomic mass is 32.2. The SMILES string of the molecule is CS(=O)(=O)CCCNCC(=O)Nc1c(F)cccc1F. The van der Waals surface area contributed by atoms with Gasteiger partial charge in [-0.2, -0.15) is 0 Å². The smallest absolute Gasteiger partial charge is 0.238 e. The van der Waals surface area contributed by atoms with Crippen molar-refractivity contribution < 1.29 is 22.0 Å². The molecular formula is C12H16F2N2O3S. The van der Waals surface area contributed by atoms with Gasteiger partial charge >= 0.3 is 0 Å². The molecular weight excluding hydrogens is 290 g/mol. The number of carbonyl (C=O) groups excluding carboxylic acids is 1. The van der Waals surface area contributed by atoms with Crippen molar-refractivity contribution in [3.63, 3.8) is 0 Å². The van der Waals surface area contributed by atoms with Crippen molar-refractivity contribution in [2.75, 3.05) is 30.4 Å². The molecule has 0 aliphatic rings. The van der Waals surface area contributed by atoms with Crippen molar-refractivity contribution in [1.29, 1.82) is 0 Å². The molecule has 0 atom stereocenters. The average molecular weight is 306 g/mol. The zero-order valence-electron chi connectivity index (χ0n) is 10.9. The fourth-order valence-electron chi connectivity index (χ4n) is 1.46. The van der Waals surface area contributed by atoms with Crippen LogP contribution in [0.1, 0.15) is 6.42 Å². The van der Waals surface area contributed by atoms with Crippen LogP contribution < -0.4 is 10.6 Å². The number of halogens is 2. The van der Waals surface area contributed by atoms with Crippen molar-refractivity contribution in [3.8, 4) is 0 Å². The molecule has 112 valence electrons. The molecule has 1 rings (SSSR count). The summed E-state index contributed by atoms with van der Waals surface area (Å²) in [6.07, 6.45) is 1.49. The Bertz CT molecular complexity index is 556. The Balaban J connectivity index is 2.34. The van der Waals surface area contributed by atoms with E-state index in [4.69, 9.17) is 0 Å². The van der Waals surface area contributed by atoms with Gasteiger partial charge in [0.25, 0.3) is 0 Å². The molecule has 0 saturated carbocycles. The third-order valence-corrected chi connectivity index (χ3v) is 3.41. The van der Waals surface area contributed by atoms with Crippen molar-refractivity contribution >= 4 is 21.4 Å². The molecule has 1 amide bonds. The average Bonchev–Trinajstić information content (AvgIpc) is 2.32. The Morgan fingerprint density at radius 1 is 1.25 bits per heavy atom. The van der Waals surface area contributed by atoms with Crippen LogP contribution in [0.4, 0.5) is 14.5 Å². The largest absolute Gasteiger partial charge is 0.320 e. The number of carbonyl (C=O) groups is 1. The lowest BCUT2D eigenvalue weighted by Crippen LogP contribution is -2.30. The van der Waals surface area contributed by atoms with Crippen molar-refractivity contribution in [2.45, 2.75) is 6.42 Å². The summed E-state index contributed by atoms with van der Waals surface area (Å²) >= 11 is 0. The van der Waals surface area contributed by atoms with Crippen LogP contribution >= 0.6 is 0 Å². The summed E-state index contributed by atoms with van der Waals surface area (Å²) in [6.45, 7) is 0.164. The molecule has 0 heterocycles. The van der Waals surface area contributed by atoms with Gasteiger partial charge in [0, 0.05) is 6.26 Å². The minimum absolute atomic E-state index is 0.0174. The van der Waals surface area contributed by atoms with Crippen LogP contribution in [0.2, 0.25) is 0 Å². The van der Waals surface area contributed by atoms with Crippen molar-refractivity contribution in [3.05, 3.63) is 29.8 Å². The summed E-state index contributed by atoms with van der Waals surface area (Å²) in [6, 6.07) is 3.28. The van der Waals surface area contributed by atoms with Gasteiger partial charge in [0.2, 0.25) is 5.91 Å². The summed E-state index contributed by atoms with van der Waals surface area (Å²) in [5, 5.41) is 4.81. The summed E-state index contributed by atoms with van der Waals surface area (Å²) in [7, 11) is -3.02. The second-order valence-corrected chi connectivity index (χ2v) is 6.56. The first-order valence-electron chi connectivity index (χ1n) is 5.92. The zero-order chi connectivity index (χ0) is 15.2. The molecule has 20 heavy (non-hydrogen) atoms. The number of rotatable bonds is 7. The van der Waals surface area contributed by atoms with Gasteiger partial charge in [-0.3, -0.25) is 4.79 Å². The number of amides is 1. The highest BCUT2D eigenvalue weighted by molar-refractivity contribution is 7.90. The maximum Gasteiger partial charge on any atom is 0.238 e. The van der Waals surface area contributed by atoms with Crippen LogP contribution in [0.25, 0.3) is 0 Å². The molecule has 0 spiro atoms. The molecule has 0 bridgehead atoms. The topological polar surface area (TPSA) is 75.3 Å². The van der Waals surface area contributed by atoms with Crippen LogP contribution in [0, 0.1) is 11.6 Å². The van der Waals surface area contributed by atoms with Crippen LogP contribution in [0.3, 0.4) is 0 Å². The van der Waals surface area contributed by atoms with Gasteiger partial charge in [-0.1, -0.05) is 6.07 Å². The van der Waals surface area contributed by atoms with Crippen LogP contribution in [-0.4, -0.2) is 39.4 Å². The fourth-order valence-corrected chi connectivity index (χ4v) is 2.13. The highest BCUT2D eigenvalue weighted by Gasteiger charge is 2.11. The molecule has 0 aliphatic carbocycles. The van der Waals surface area contributed by atoms with Gasteiger partial charge in [0.1, 0.15) is 27.2 Å². The molecule has 0 aromatic heterocycles. The Morgan fingerprint density at radius 3 is 2.40 bits per heavy atom. The Labute approximate surface area is 116 Å². The lowest BCUT2D eigenvalue weighted by Gasteiger charge is -2.08. The Hall–Kier alpha value is -1.54. The van der Waals surface area contributed by atoms with Crippen LogP contribution in [0.15, 0.2) is 18.2 Å². The number of para-hydroxylation sites is 1. The summed E-state index contributed by atoms with van der Waals surface area (Å²) in [5.41, 5.74) is -0.490. The summed E-state index contributed by atoms with van der Waals surface area (Å²) in [4.78, 5) is 11.5. The van der Waals surface area contributed by atoms with E-state index in [0.29, 0.717) is 13.0 Å². The number of nitrogens with one attached hydrogen (secondary N) is 2. The van der Waals surface area contributed by atoms with Gasteiger partial charge in [-0.15, -0.1) is 0 Å². The highest BCUT2D eigenvalue weighted by Crippen LogP contribution is 2.17. The predicted molar refractivity (Wildman–Crippen MR) is 72.2 cm³/mol. The van der Waals surface area contributed by atoms with Crippen molar-refractivity contribution in [2.24, 2.45) is 0 Å². The van der Waals surface area contributed by atoms with Gasteiger partial charge in [-0.05, 0) is 25.1 Å². The maximum absolute atomic E-state index is 13.2. The molecule has 0 saturated heterocycles. The standard InChI is InChI=1S/C12H16F2N2O3S/c1-20(18,19)7-3-6-15-8-11(17)16-12-9(13)4-2-5-10(12)14/h2,4-5,15H,3,6-8H2,1H3,(H,16,17). The van der Waals surface area contributed by atoms with E-state index in [9.17, 15) is 22.0 Å². The van der Waals surface area contributed by atoms with Gasteiger partial charge in [0.05, 0.1) is 12.3 Å². The van der Waals surface area contributed by atoms with Gasteiger partial charge < -0.3 is 10.6 Å². The van der Waals surface area contributed by atoms with Gasteiger partial charge in [-0.25, -0.2) is 17.2 Å². The first-order chi connectivity index (χ1) is 9.29.